The van der Waals surface area contributed by atoms with Crippen LogP contribution in [-0.2, 0) is 10.3 Å². The molecule has 0 saturated carbocycles. The van der Waals surface area contributed by atoms with Gasteiger partial charge in [-0.3, -0.25) is 5.84 Å². The van der Waals surface area contributed by atoms with Crippen LogP contribution in [0.2, 0.25) is 0 Å². The predicted molar refractivity (Wildman–Crippen MR) is 63.0 cm³/mol. The summed E-state index contributed by atoms with van der Waals surface area (Å²) in [5, 5.41) is 9.26. The first-order chi connectivity index (χ1) is 7.32. The largest absolute Gasteiger partial charge is 0.480 e. The molecule has 0 spiro atoms. The summed E-state index contributed by atoms with van der Waals surface area (Å²) >= 11 is 0. The highest BCUT2D eigenvalue weighted by Crippen LogP contribution is 2.28. The maximum absolute atomic E-state index is 11.3. The summed E-state index contributed by atoms with van der Waals surface area (Å²) < 4.78 is 0. The third-order valence-electron chi connectivity index (χ3n) is 2.89. The molecule has 0 aliphatic rings. The second kappa shape index (κ2) is 4.23. The first kappa shape index (κ1) is 12.7. The number of nitrogens with two attached hydrogens (primary N) is 1. The molecule has 0 aliphatic heterocycles. The molecule has 0 aromatic heterocycles. The number of aliphatic carboxylic acids is 1. The van der Waals surface area contributed by atoms with Crippen LogP contribution in [0.4, 0.5) is 0 Å². The normalized spacial score (nSPS) is 14.6. The van der Waals surface area contributed by atoms with Crippen LogP contribution < -0.4 is 11.3 Å². The lowest BCUT2D eigenvalue weighted by Crippen LogP contribution is -2.51. The van der Waals surface area contributed by atoms with E-state index in [0.717, 1.165) is 22.3 Å². The van der Waals surface area contributed by atoms with Gasteiger partial charge in [-0.15, -0.1) is 0 Å². The van der Waals surface area contributed by atoms with Gasteiger partial charge in [0.15, 0.2) is 5.54 Å². The Hall–Kier alpha value is -1.39. The van der Waals surface area contributed by atoms with Crippen molar-refractivity contribution in [2.45, 2.75) is 33.2 Å². The van der Waals surface area contributed by atoms with Gasteiger partial charge in [0.05, 0.1) is 0 Å². The predicted octanol–water partition coefficient (Wildman–Crippen LogP) is 1.37. The SMILES string of the molecule is Cc1cc(C)c(C(C)(NN)C(=O)O)c(C)c1. The van der Waals surface area contributed by atoms with Gasteiger partial charge in [0.25, 0.3) is 0 Å². The van der Waals surface area contributed by atoms with Crippen molar-refractivity contribution in [3.05, 3.63) is 34.4 Å². The molecule has 1 aromatic rings. The molecule has 1 aromatic carbocycles. The standard InChI is InChI=1S/C12H18N2O2/c1-7-5-8(2)10(9(3)6-7)12(4,14-13)11(15)16/h5-6,14H,13H2,1-4H3,(H,15,16). The van der Waals surface area contributed by atoms with Gasteiger partial charge < -0.3 is 5.11 Å². The zero-order valence-electron chi connectivity index (χ0n) is 10.1. The fourth-order valence-corrected chi connectivity index (χ4v) is 2.21. The first-order valence-corrected chi connectivity index (χ1v) is 5.12. The molecule has 1 rings (SSSR count). The van der Waals surface area contributed by atoms with Gasteiger partial charge in [0, 0.05) is 0 Å². The molecular weight excluding hydrogens is 204 g/mol. The number of hydrogen-bond acceptors (Lipinski definition) is 3. The van der Waals surface area contributed by atoms with Crippen LogP contribution in [0.25, 0.3) is 0 Å². The van der Waals surface area contributed by atoms with E-state index < -0.39 is 11.5 Å². The van der Waals surface area contributed by atoms with E-state index in [-0.39, 0.29) is 0 Å². The summed E-state index contributed by atoms with van der Waals surface area (Å²) in [7, 11) is 0. The average Bonchev–Trinajstić information content (AvgIpc) is 2.15. The molecule has 1 unspecified atom stereocenters. The van der Waals surface area contributed by atoms with Crippen molar-refractivity contribution in [2.75, 3.05) is 0 Å². The summed E-state index contributed by atoms with van der Waals surface area (Å²) in [5.74, 6) is 4.40. The number of carboxylic acids is 1. The molecule has 16 heavy (non-hydrogen) atoms. The number of benzene rings is 1. The molecule has 1 atom stereocenters. The van der Waals surface area contributed by atoms with Crippen molar-refractivity contribution in [1.29, 1.82) is 0 Å². The number of carbonyl (C=O) groups is 1. The van der Waals surface area contributed by atoms with Gasteiger partial charge in [-0.2, -0.15) is 0 Å². The Morgan fingerprint density at radius 2 is 1.75 bits per heavy atom. The van der Waals surface area contributed by atoms with E-state index in [2.05, 4.69) is 5.43 Å². The van der Waals surface area contributed by atoms with Gasteiger partial charge in [0.1, 0.15) is 0 Å². The molecule has 0 saturated heterocycles. The molecule has 0 aliphatic carbocycles. The Morgan fingerprint density at radius 1 is 1.31 bits per heavy atom. The maximum atomic E-state index is 11.3. The van der Waals surface area contributed by atoms with Crippen molar-refractivity contribution in [2.24, 2.45) is 5.84 Å². The molecule has 0 heterocycles. The Balaban J connectivity index is 3.48. The third kappa shape index (κ3) is 1.94. The van der Waals surface area contributed by atoms with E-state index >= 15 is 0 Å². The van der Waals surface area contributed by atoms with Crippen LogP contribution in [0.1, 0.15) is 29.2 Å². The third-order valence-corrected chi connectivity index (χ3v) is 2.89. The summed E-state index contributed by atoms with van der Waals surface area (Å²) in [6.45, 7) is 7.35. The number of rotatable bonds is 3. The van der Waals surface area contributed by atoms with Crippen LogP contribution in [0, 0.1) is 20.8 Å². The summed E-state index contributed by atoms with van der Waals surface area (Å²) in [6.07, 6.45) is 0. The van der Waals surface area contributed by atoms with Crippen LogP contribution in [-0.4, -0.2) is 11.1 Å². The Labute approximate surface area is 95.4 Å². The van der Waals surface area contributed by atoms with Crippen molar-refractivity contribution in [3.63, 3.8) is 0 Å². The number of aryl methyl sites for hydroxylation is 3. The smallest absolute Gasteiger partial charge is 0.329 e. The maximum Gasteiger partial charge on any atom is 0.329 e. The second-order valence-electron chi connectivity index (χ2n) is 4.35. The number of hydrogen-bond donors (Lipinski definition) is 3. The monoisotopic (exact) mass is 222 g/mol. The Bertz CT molecular complexity index is 406. The number of nitrogens with one attached hydrogen (secondary N) is 1. The van der Waals surface area contributed by atoms with E-state index in [9.17, 15) is 9.90 Å². The number of carboxylic acid groups (broad SMARTS) is 1. The lowest BCUT2D eigenvalue weighted by Gasteiger charge is -2.28. The van der Waals surface area contributed by atoms with Gasteiger partial charge in [-0.1, -0.05) is 17.7 Å². The van der Waals surface area contributed by atoms with Crippen LogP contribution in [0.5, 0.6) is 0 Å². The van der Waals surface area contributed by atoms with Crippen LogP contribution in [0.15, 0.2) is 12.1 Å². The molecule has 4 N–H and O–H groups in total. The highest BCUT2D eigenvalue weighted by atomic mass is 16.4. The average molecular weight is 222 g/mol. The van der Waals surface area contributed by atoms with Crippen molar-refractivity contribution < 1.29 is 9.90 Å². The van der Waals surface area contributed by atoms with Crippen molar-refractivity contribution in [1.82, 2.24) is 5.43 Å². The van der Waals surface area contributed by atoms with E-state index in [1.165, 1.54) is 0 Å². The summed E-state index contributed by atoms with van der Waals surface area (Å²) in [5.41, 5.74) is 4.85. The van der Waals surface area contributed by atoms with Gasteiger partial charge in [0.2, 0.25) is 0 Å². The van der Waals surface area contributed by atoms with E-state index in [0.29, 0.717) is 0 Å². The molecule has 0 radical (unpaired) electrons. The topological polar surface area (TPSA) is 75.3 Å². The zero-order chi connectivity index (χ0) is 12.5. The van der Waals surface area contributed by atoms with Gasteiger partial charge in [-0.25, -0.2) is 10.2 Å². The minimum Gasteiger partial charge on any atom is -0.480 e. The minimum absolute atomic E-state index is 0.730. The fraction of sp³-hybridized carbons (Fsp3) is 0.417. The Kier molecular flexibility index (Phi) is 3.35. The lowest BCUT2D eigenvalue weighted by molar-refractivity contribution is -0.144. The second-order valence-corrected chi connectivity index (χ2v) is 4.35. The summed E-state index contributed by atoms with van der Waals surface area (Å²) in [6, 6.07) is 3.92. The van der Waals surface area contributed by atoms with Gasteiger partial charge >= 0.3 is 5.97 Å². The Morgan fingerprint density at radius 3 is 2.06 bits per heavy atom. The number of hydrazine groups is 1. The van der Waals surface area contributed by atoms with Crippen molar-refractivity contribution >= 4 is 5.97 Å². The highest BCUT2D eigenvalue weighted by Gasteiger charge is 2.36. The van der Waals surface area contributed by atoms with E-state index in [1.54, 1.807) is 6.92 Å². The molecule has 4 nitrogen and oxygen atoms in total. The minimum atomic E-state index is -1.25. The highest BCUT2D eigenvalue weighted by molar-refractivity contribution is 5.81. The van der Waals surface area contributed by atoms with Crippen LogP contribution in [0.3, 0.4) is 0 Å². The molecule has 0 fully saturated rings. The van der Waals surface area contributed by atoms with Crippen LogP contribution >= 0.6 is 0 Å². The van der Waals surface area contributed by atoms with E-state index in [1.807, 2.05) is 32.9 Å². The zero-order valence-corrected chi connectivity index (χ0v) is 10.1. The molecule has 0 amide bonds. The first-order valence-electron chi connectivity index (χ1n) is 5.12. The summed E-state index contributed by atoms with van der Waals surface area (Å²) in [4.78, 5) is 11.3. The fourth-order valence-electron chi connectivity index (χ4n) is 2.21. The van der Waals surface area contributed by atoms with Crippen molar-refractivity contribution in [3.8, 4) is 0 Å². The molecular formula is C12H18N2O2. The molecule has 4 heteroatoms. The molecule has 88 valence electrons. The van der Waals surface area contributed by atoms with E-state index in [4.69, 9.17) is 5.84 Å². The quantitative estimate of drug-likeness (QED) is 0.533. The molecule has 0 bridgehead atoms. The van der Waals surface area contributed by atoms with Gasteiger partial charge in [-0.05, 0) is 44.4 Å². The lowest BCUT2D eigenvalue weighted by atomic mass is 9.85.